The van der Waals surface area contributed by atoms with Crippen LogP contribution in [-0.4, -0.2) is 45.0 Å². The number of rotatable bonds is 3. The molecule has 2 aliphatic heterocycles. The van der Waals surface area contributed by atoms with Gasteiger partial charge in [-0.1, -0.05) is 6.07 Å². The van der Waals surface area contributed by atoms with Crippen LogP contribution in [-0.2, 0) is 6.54 Å². The van der Waals surface area contributed by atoms with Gasteiger partial charge in [0.2, 0.25) is 0 Å². The molecule has 1 N–H and O–H groups in total. The molecular formula is C17H21N5. The van der Waals surface area contributed by atoms with E-state index in [0.29, 0.717) is 11.9 Å². The SMILES string of the molecule is c1ccc(-c2ncc(CN3CC[C@H]4CC[C@@H](C3)N4)cn2)nc1. The highest BCUT2D eigenvalue weighted by molar-refractivity contribution is 5.47. The number of hydrogen-bond donors (Lipinski definition) is 1. The summed E-state index contributed by atoms with van der Waals surface area (Å²) in [5, 5.41) is 3.72. The summed E-state index contributed by atoms with van der Waals surface area (Å²) in [5.74, 6) is 0.695. The van der Waals surface area contributed by atoms with Crippen molar-refractivity contribution < 1.29 is 0 Å². The highest BCUT2D eigenvalue weighted by Gasteiger charge is 2.29. The molecule has 0 spiro atoms. The van der Waals surface area contributed by atoms with E-state index in [2.05, 4.69) is 25.2 Å². The first-order chi connectivity index (χ1) is 10.9. The maximum atomic E-state index is 4.47. The Bertz CT molecular complexity index is 613. The first kappa shape index (κ1) is 13.8. The zero-order valence-electron chi connectivity index (χ0n) is 12.7. The monoisotopic (exact) mass is 295 g/mol. The van der Waals surface area contributed by atoms with Crippen LogP contribution in [0.2, 0.25) is 0 Å². The number of nitrogens with one attached hydrogen (secondary N) is 1. The Morgan fingerprint density at radius 2 is 1.91 bits per heavy atom. The van der Waals surface area contributed by atoms with E-state index in [9.17, 15) is 0 Å². The second kappa shape index (κ2) is 6.10. The minimum Gasteiger partial charge on any atom is -0.310 e. The van der Waals surface area contributed by atoms with Crippen molar-refractivity contribution in [3.05, 3.63) is 42.4 Å². The fourth-order valence-corrected chi connectivity index (χ4v) is 3.48. The Labute approximate surface area is 130 Å². The van der Waals surface area contributed by atoms with Gasteiger partial charge in [-0.25, -0.2) is 9.97 Å². The summed E-state index contributed by atoms with van der Waals surface area (Å²) < 4.78 is 0. The largest absolute Gasteiger partial charge is 0.310 e. The Balaban J connectivity index is 1.43. The second-order valence-corrected chi connectivity index (χ2v) is 6.29. The number of likely N-dealkylation sites (tertiary alicyclic amines) is 1. The molecular weight excluding hydrogens is 274 g/mol. The molecule has 2 aromatic rings. The Morgan fingerprint density at radius 1 is 1.05 bits per heavy atom. The van der Waals surface area contributed by atoms with Crippen LogP contribution in [0.5, 0.6) is 0 Å². The Kier molecular flexibility index (Phi) is 3.83. The van der Waals surface area contributed by atoms with Crippen LogP contribution in [0.1, 0.15) is 24.8 Å². The van der Waals surface area contributed by atoms with Gasteiger partial charge in [-0.15, -0.1) is 0 Å². The third-order valence-electron chi connectivity index (χ3n) is 4.61. The molecule has 0 radical (unpaired) electrons. The van der Waals surface area contributed by atoms with Crippen molar-refractivity contribution in [1.29, 1.82) is 0 Å². The number of aromatic nitrogens is 3. The van der Waals surface area contributed by atoms with Gasteiger partial charge < -0.3 is 5.32 Å². The van der Waals surface area contributed by atoms with Crippen LogP contribution in [0.3, 0.4) is 0 Å². The Morgan fingerprint density at radius 3 is 2.73 bits per heavy atom. The van der Waals surface area contributed by atoms with Crippen LogP contribution in [0.4, 0.5) is 0 Å². The number of pyridine rings is 1. The maximum absolute atomic E-state index is 4.47. The van der Waals surface area contributed by atoms with Gasteiger partial charge in [-0.3, -0.25) is 9.88 Å². The average molecular weight is 295 g/mol. The summed E-state index contributed by atoms with van der Waals surface area (Å²) in [6, 6.07) is 7.20. The van der Waals surface area contributed by atoms with Gasteiger partial charge in [0.15, 0.2) is 5.82 Å². The van der Waals surface area contributed by atoms with Gasteiger partial charge in [0.05, 0.1) is 0 Å². The minimum absolute atomic E-state index is 0.668. The van der Waals surface area contributed by atoms with Crippen molar-refractivity contribution in [2.45, 2.75) is 37.9 Å². The molecule has 2 aliphatic rings. The normalized spacial score (nSPS) is 25.1. The van der Waals surface area contributed by atoms with E-state index in [1.165, 1.54) is 24.8 Å². The van der Waals surface area contributed by atoms with E-state index in [-0.39, 0.29) is 0 Å². The third kappa shape index (κ3) is 3.00. The predicted octanol–water partition coefficient (Wildman–Crippen LogP) is 1.86. The average Bonchev–Trinajstić information content (AvgIpc) is 2.91. The van der Waals surface area contributed by atoms with Crippen molar-refractivity contribution in [2.75, 3.05) is 13.1 Å². The van der Waals surface area contributed by atoms with E-state index in [1.807, 2.05) is 30.6 Å². The molecule has 4 heterocycles. The molecule has 5 nitrogen and oxygen atoms in total. The molecule has 2 atom stereocenters. The molecule has 2 aromatic heterocycles. The zero-order valence-corrected chi connectivity index (χ0v) is 12.7. The van der Waals surface area contributed by atoms with Crippen molar-refractivity contribution in [3.8, 4) is 11.5 Å². The second-order valence-electron chi connectivity index (χ2n) is 6.29. The molecule has 0 saturated carbocycles. The lowest BCUT2D eigenvalue weighted by atomic mass is 10.1. The van der Waals surface area contributed by atoms with E-state index < -0.39 is 0 Å². The standard InChI is InChI=1S/C17H21N5/c1-2-7-18-16(3-1)17-19-9-13(10-20-17)11-22-8-6-14-4-5-15(12-22)21-14/h1-3,7,9-10,14-15,21H,4-6,8,11-12H2/t14-,15+/m1/s1. The highest BCUT2D eigenvalue weighted by atomic mass is 15.2. The zero-order chi connectivity index (χ0) is 14.8. The summed E-state index contributed by atoms with van der Waals surface area (Å²) in [7, 11) is 0. The van der Waals surface area contributed by atoms with Crippen LogP contribution >= 0.6 is 0 Å². The number of nitrogens with zero attached hydrogens (tertiary/aromatic N) is 4. The first-order valence-electron chi connectivity index (χ1n) is 8.07. The van der Waals surface area contributed by atoms with Crippen molar-refractivity contribution >= 4 is 0 Å². The van der Waals surface area contributed by atoms with Crippen LogP contribution in [0.15, 0.2) is 36.8 Å². The van der Waals surface area contributed by atoms with Gasteiger partial charge in [0, 0.05) is 55.9 Å². The maximum Gasteiger partial charge on any atom is 0.178 e. The Hall–Kier alpha value is -1.85. The fourth-order valence-electron chi connectivity index (χ4n) is 3.48. The lowest BCUT2D eigenvalue weighted by Gasteiger charge is -2.23. The quantitative estimate of drug-likeness (QED) is 0.937. The van der Waals surface area contributed by atoms with Crippen molar-refractivity contribution in [1.82, 2.24) is 25.2 Å². The van der Waals surface area contributed by atoms with E-state index in [0.717, 1.165) is 31.4 Å². The van der Waals surface area contributed by atoms with Crippen molar-refractivity contribution in [2.24, 2.45) is 0 Å². The topological polar surface area (TPSA) is 53.9 Å². The van der Waals surface area contributed by atoms with Gasteiger partial charge in [0.25, 0.3) is 0 Å². The molecule has 0 aromatic carbocycles. The number of fused-ring (bicyclic) bond motifs is 2. The molecule has 0 amide bonds. The fraction of sp³-hybridized carbons (Fsp3) is 0.471. The van der Waals surface area contributed by atoms with Gasteiger partial charge >= 0.3 is 0 Å². The highest BCUT2D eigenvalue weighted by Crippen LogP contribution is 2.21. The molecule has 0 unspecified atom stereocenters. The lowest BCUT2D eigenvalue weighted by Crippen LogP contribution is -2.35. The van der Waals surface area contributed by atoms with Crippen LogP contribution in [0, 0.1) is 0 Å². The molecule has 2 fully saturated rings. The molecule has 114 valence electrons. The molecule has 4 rings (SSSR count). The van der Waals surface area contributed by atoms with E-state index >= 15 is 0 Å². The molecule has 0 aliphatic carbocycles. The summed E-state index contributed by atoms with van der Waals surface area (Å²) in [6.45, 7) is 3.24. The lowest BCUT2D eigenvalue weighted by molar-refractivity contribution is 0.250. The van der Waals surface area contributed by atoms with E-state index in [4.69, 9.17) is 0 Å². The first-order valence-corrected chi connectivity index (χ1v) is 8.07. The molecule has 2 bridgehead atoms. The summed E-state index contributed by atoms with van der Waals surface area (Å²) in [5.41, 5.74) is 2.00. The van der Waals surface area contributed by atoms with Crippen LogP contribution < -0.4 is 5.32 Å². The van der Waals surface area contributed by atoms with Gasteiger partial charge in [0.1, 0.15) is 5.69 Å². The smallest absolute Gasteiger partial charge is 0.178 e. The van der Waals surface area contributed by atoms with Gasteiger partial charge in [-0.2, -0.15) is 0 Å². The van der Waals surface area contributed by atoms with Crippen molar-refractivity contribution in [3.63, 3.8) is 0 Å². The predicted molar refractivity (Wildman–Crippen MR) is 85.1 cm³/mol. The van der Waals surface area contributed by atoms with Crippen LogP contribution in [0.25, 0.3) is 11.5 Å². The number of hydrogen-bond acceptors (Lipinski definition) is 5. The summed E-state index contributed by atoms with van der Waals surface area (Å²) in [4.78, 5) is 15.8. The third-order valence-corrected chi connectivity index (χ3v) is 4.61. The molecule has 2 saturated heterocycles. The minimum atomic E-state index is 0.668. The summed E-state index contributed by atoms with van der Waals surface area (Å²) in [6.07, 6.45) is 9.56. The van der Waals surface area contributed by atoms with Gasteiger partial charge in [-0.05, 0) is 31.4 Å². The molecule has 22 heavy (non-hydrogen) atoms. The summed E-state index contributed by atoms with van der Waals surface area (Å²) >= 11 is 0. The molecule has 5 heteroatoms. The van der Waals surface area contributed by atoms with E-state index in [1.54, 1.807) is 6.20 Å².